The van der Waals surface area contributed by atoms with E-state index < -0.39 is 10.9 Å². The fraction of sp³-hybridized carbons (Fsp3) is 0.167. The molecule has 2 aromatic rings. The van der Waals surface area contributed by atoms with Gasteiger partial charge in [0, 0.05) is 17.7 Å². The Labute approximate surface area is 107 Å². The Morgan fingerprint density at radius 2 is 2.11 bits per heavy atom. The van der Waals surface area contributed by atoms with E-state index in [4.69, 9.17) is 9.26 Å². The lowest BCUT2D eigenvalue weighted by atomic mass is 10.1. The first-order chi connectivity index (χ1) is 9.13. The van der Waals surface area contributed by atoms with Crippen LogP contribution in [-0.2, 0) is 4.74 Å². The summed E-state index contributed by atoms with van der Waals surface area (Å²) in [4.78, 5) is 21.7. The van der Waals surface area contributed by atoms with Crippen LogP contribution >= 0.6 is 0 Å². The van der Waals surface area contributed by atoms with Gasteiger partial charge in [-0.05, 0) is 19.1 Å². The van der Waals surface area contributed by atoms with Gasteiger partial charge in [0.25, 0.3) is 5.69 Å². The monoisotopic (exact) mass is 262 g/mol. The van der Waals surface area contributed by atoms with E-state index in [1.165, 1.54) is 30.5 Å². The van der Waals surface area contributed by atoms with Gasteiger partial charge in [-0.1, -0.05) is 5.16 Å². The lowest BCUT2D eigenvalue weighted by Gasteiger charge is -2.01. The van der Waals surface area contributed by atoms with E-state index in [9.17, 15) is 14.9 Å². The van der Waals surface area contributed by atoms with Crippen molar-refractivity contribution in [2.75, 3.05) is 6.61 Å². The molecular formula is C12H10N2O5. The van der Waals surface area contributed by atoms with Crippen LogP contribution in [0, 0.1) is 10.1 Å². The summed E-state index contributed by atoms with van der Waals surface area (Å²) < 4.78 is 9.86. The highest BCUT2D eigenvalue weighted by Gasteiger charge is 2.19. The first-order valence-electron chi connectivity index (χ1n) is 5.50. The summed E-state index contributed by atoms with van der Waals surface area (Å²) in [5.41, 5.74) is 0.669. The standard InChI is InChI=1S/C12H10N2O5/c1-2-18-12(15)10-7-13-19-11(10)8-3-5-9(6-4-8)14(16)17/h3-7H,2H2,1H3. The predicted molar refractivity (Wildman–Crippen MR) is 64.5 cm³/mol. The van der Waals surface area contributed by atoms with Crippen LogP contribution in [-0.4, -0.2) is 22.7 Å². The average Bonchev–Trinajstić information content (AvgIpc) is 2.88. The number of nitro groups is 1. The maximum atomic E-state index is 11.6. The Kier molecular flexibility index (Phi) is 3.56. The second-order valence-electron chi connectivity index (χ2n) is 3.59. The van der Waals surface area contributed by atoms with Crippen molar-refractivity contribution in [3.05, 3.63) is 46.1 Å². The van der Waals surface area contributed by atoms with Crippen molar-refractivity contribution < 1.29 is 19.0 Å². The van der Waals surface area contributed by atoms with Crippen molar-refractivity contribution >= 4 is 11.7 Å². The minimum absolute atomic E-state index is 0.0408. The summed E-state index contributed by atoms with van der Waals surface area (Å²) in [6.45, 7) is 1.93. The minimum atomic E-state index is -0.544. The van der Waals surface area contributed by atoms with Gasteiger partial charge in [0.05, 0.1) is 17.7 Å². The van der Waals surface area contributed by atoms with Gasteiger partial charge in [0.2, 0.25) is 0 Å². The van der Waals surface area contributed by atoms with E-state index in [1.807, 2.05) is 0 Å². The molecule has 98 valence electrons. The van der Waals surface area contributed by atoms with Crippen LogP contribution in [0.1, 0.15) is 17.3 Å². The largest absolute Gasteiger partial charge is 0.462 e. The summed E-state index contributed by atoms with van der Waals surface area (Å²) in [5, 5.41) is 14.1. The molecule has 2 rings (SSSR count). The number of benzene rings is 1. The van der Waals surface area contributed by atoms with Crippen molar-refractivity contribution in [1.82, 2.24) is 5.16 Å². The number of ether oxygens (including phenoxy) is 1. The number of hydrogen-bond acceptors (Lipinski definition) is 6. The topological polar surface area (TPSA) is 95.5 Å². The lowest BCUT2D eigenvalue weighted by molar-refractivity contribution is -0.384. The molecular weight excluding hydrogens is 252 g/mol. The van der Waals surface area contributed by atoms with Gasteiger partial charge >= 0.3 is 5.97 Å². The number of hydrogen-bond donors (Lipinski definition) is 0. The van der Waals surface area contributed by atoms with Gasteiger partial charge in [-0.25, -0.2) is 4.79 Å². The molecule has 0 atom stereocenters. The summed E-state index contributed by atoms with van der Waals surface area (Å²) in [6, 6.07) is 5.63. The van der Waals surface area contributed by atoms with Crippen molar-refractivity contribution in [3.8, 4) is 11.3 Å². The molecule has 0 unspecified atom stereocenters. The number of rotatable bonds is 4. The predicted octanol–water partition coefficient (Wildman–Crippen LogP) is 2.43. The smallest absolute Gasteiger partial charge is 0.343 e. The van der Waals surface area contributed by atoms with E-state index >= 15 is 0 Å². The summed E-state index contributed by atoms with van der Waals surface area (Å²) in [7, 11) is 0. The number of esters is 1. The van der Waals surface area contributed by atoms with Crippen LogP contribution in [0.3, 0.4) is 0 Å². The summed E-state index contributed by atoms with van der Waals surface area (Å²) >= 11 is 0. The molecule has 0 aliphatic rings. The van der Waals surface area contributed by atoms with Crippen molar-refractivity contribution in [2.45, 2.75) is 6.92 Å². The molecule has 19 heavy (non-hydrogen) atoms. The number of non-ortho nitro benzene ring substituents is 1. The van der Waals surface area contributed by atoms with Gasteiger partial charge in [-0.2, -0.15) is 0 Å². The van der Waals surface area contributed by atoms with E-state index in [0.717, 1.165) is 0 Å². The van der Waals surface area contributed by atoms with Gasteiger partial charge in [-0.15, -0.1) is 0 Å². The molecule has 0 bridgehead atoms. The van der Waals surface area contributed by atoms with Crippen LogP contribution in [0.2, 0.25) is 0 Å². The Morgan fingerprint density at radius 3 is 2.68 bits per heavy atom. The Hall–Kier alpha value is -2.70. The summed E-state index contributed by atoms with van der Waals surface area (Å²) in [5.74, 6) is -0.314. The maximum Gasteiger partial charge on any atom is 0.343 e. The fourth-order valence-electron chi connectivity index (χ4n) is 1.54. The molecule has 0 aliphatic carbocycles. The molecule has 1 aromatic carbocycles. The van der Waals surface area contributed by atoms with E-state index in [2.05, 4.69) is 5.16 Å². The number of nitrogens with zero attached hydrogens (tertiary/aromatic N) is 2. The minimum Gasteiger partial charge on any atom is -0.462 e. The number of nitro benzene ring substituents is 1. The molecule has 0 aliphatic heterocycles. The Balaban J connectivity index is 2.34. The van der Waals surface area contributed by atoms with E-state index in [-0.39, 0.29) is 23.6 Å². The van der Waals surface area contributed by atoms with Crippen molar-refractivity contribution in [1.29, 1.82) is 0 Å². The molecule has 0 saturated carbocycles. The first-order valence-corrected chi connectivity index (χ1v) is 5.50. The number of carbonyl (C=O) groups excluding carboxylic acids is 1. The quantitative estimate of drug-likeness (QED) is 0.477. The highest BCUT2D eigenvalue weighted by atomic mass is 16.6. The van der Waals surface area contributed by atoms with Gasteiger partial charge < -0.3 is 9.26 Å². The van der Waals surface area contributed by atoms with Crippen LogP contribution in [0.25, 0.3) is 11.3 Å². The molecule has 7 heteroatoms. The molecule has 0 saturated heterocycles. The third-order valence-corrected chi connectivity index (χ3v) is 2.41. The average molecular weight is 262 g/mol. The third kappa shape index (κ3) is 2.59. The molecule has 0 spiro atoms. The molecule has 1 heterocycles. The fourth-order valence-corrected chi connectivity index (χ4v) is 1.54. The zero-order valence-electron chi connectivity index (χ0n) is 10.0. The van der Waals surface area contributed by atoms with Crippen LogP contribution < -0.4 is 0 Å². The van der Waals surface area contributed by atoms with E-state index in [1.54, 1.807) is 6.92 Å². The molecule has 0 N–H and O–H groups in total. The van der Waals surface area contributed by atoms with Gasteiger partial charge in [0.1, 0.15) is 5.56 Å². The SMILES string of the molecule is CCOC(=O)c1cnoc1-c1ccc([N+](=O)[O-])cc1. The molecule has 1 aromatic heterocycles. The van der Waals surface area contributed by atoms with E-state index in [0.29, 0.717) is 5.56 Å². The van der Waals surface area contributed by atoms with Crippen molar-refractivity contribution in [2.24, 2.45) is 0 Å². The highest BCUT2D eigenvalue weighted by Crippen LogP contribution is 2.26. The number of aromatic nitrogens is 1. The highest BCUT2D eigenvalue weighted by molar-refractivity contribution is 5.95. The Bertz CT molecular complexity index is 603. The van der Waals surface area contributed by atoms with Crippen LogP contribution in [0.5, 0.6) is 0 Å². The number of carbonyl (C=O) groups is 1. The summed E-state index contributed by atoms with van der Waals surface area (Å²) in [6.07, 6.45) is 1.26. The molecule has 7 nitrogen and oxygen atoms in total. The first kappa shape index (κ1) is 12.7. The van der Waals surface area contributed by atoms with Crippen LogP contribution in [0.4, 0.5) is 5.69 Å². The van der Waals surface area contributed by atoms with Crippen molar-refractivity contribution in [3.63, 3.8) is 0 Å². The second-order valence-corrected chi connectivity index (χ2v) is 3.59. The second kappa shape index (κ2) is 5.30. The lowest BCUT2D eigenvalue weighted by Crippen LogP contribution is -2.04. The van der Waals surface area contributed by atoms with Gasteiger partial charge in [0.15, 0.2) is 5.76 Å². The molecule has 0 radical (unpaired) electrons. The molecule has 0 amide bonds. The third-order valence-electron chi connectivity index (χ3n) is 2.41. The Morgan fingerprint density at radius 1 is 1.42 bits per heavy atom. The molecule has 0 fully saturated rings. The normalized spacial score (nSPS) is 10.2. The van der Waals surface area contributed by atoms with Gasteiger partial charge in [-0.3, -0.25) is 10.1 Å². The zero-order valence-corrected chi connectivity index (χ0v) is 10.0. The van der Waals surface area contributed by atoms with Crippen LogP contribution in [0.15, 0.2) is 35.0 Å². The zero-order chi connectivity index (χ0) is 13.8. The maximum absolute atomic E-state index is 11.6.